The van der Waals surface area contributed by atoms with Gasteiger partial charge in [-0.3, -0.25) is 14.6 Å². The van der Waals surface area contributed by atoms with Gasteiger partial charge in [0.15, 0.2) is 0 Å². The molecule has 0 aliphatic carbocycles. The molecule has 2 aromatic rings. The molecule has 1 aliphatic rings. The number of alkyl halides is 3. The minimum absolute atomic E-state index is 0.0722. The Morgan fingerprint density at radius 1 is 1.31 bits per heavy atom. The van der Waals surface area contributed by atoms with Gasteiger partial charge in [0.25, 0.3) is 0 Å². The standard InChI is InChI=1S/C17H14F3N3O2S/c18-17(19,20)11-3-4-13-12(6-11)23-16(25)14(26-13)7-15(24)22-9-10-2-1-5-21-8-10/h1-6,8,14H,7,9H2,(H,22,24)(H,23,25)/t14-/m0/s1. The van der Waals surface area contributed by atoms with Gasteiger partial charge in [-0.15, -0.1) is 11.8 Å². The number of pyridine rings is 1. The average molecular weight is 381 g/mol. The highest BCUT2D eigenvalue weighted by Gasteiger charge is 2.34. The topological polar surface area (TPSA) is 71.1 Å². The fourth-order valence-electron chi connectivity index (χ4n) is 2.41. The van der Waals surface area contributed by atoms with Gasteiger partial charge in [0, 0.05) is 30.3 Å². The van der Waals surface area contributed by atoms with Crippen molar-refractivity contribution in [2.45, 2.75) is 29.3 Å². The highest BCUT2D eigenvalue weighted by molar-refractivity contribution is 8.01. The minimum Gasteiger partial charge on any atom is -0.352 e. The highest BCUT2D eigenvalue weighted by atomic mass is 32.2. The number of benzene rings is 1. The van der Waals surface area contributed by atoms with Gasteiger partial charge in [-0.1, -0.05) is 6.07 Å². The molecule has 0 saturated heterocycles. The smallest absolute Gasteiger partial charge is 0.352 e. The van der Waals surface area contributed by atoms with Crippen molar-refractivity contribution in [3.63, 3.8) is 0 Å². The molecule has 1 aromatic heterocycles. The number of halogens is 3. The molecule has 0 saturated carbocycles. The maximum absolute atomic E-state index is 12.8. The molecule has 2 N–H and O–H groups in total. The van der Waals surface area contributed by atoms with E-state index < -0.39 is 22.9 Å². The summed E-state index contributed by atoms with van der Waals surface area (Å²) in [5, 5.41) is 4.45. The molecule has 0 fully saturated rings. The van der Waals surface area contributed by atoms with Crippen molar-refractivity contribution in [3.05, 3.63) is 53.9 Å². The van der Waals surface area contributed by atoms with Gasteiger partial charge in [0.1, 0.15) is 0 Å². The lowest BCUT2D eigenvalue weighted by atomic mass is 10.1. The first-order chi connectivity index (χ1) is 12.3. The van der Waals surface area contributed by atoms with Crippen molar-refractivity contribution in [3.8, 4) is 0 Å². The fourth-order valence-corrected chi connectivity index (χ4v) is 3.50. The molecule has 0 spiro atoms. The second kappa shape index (κ2) is 7.36. The number of thioether (sulfide) groups is 1. The summed E-state index contributed by atoms with van der Waals surface area (Å²) in [6.45, 7) is 0.289. The molecular formula is C17H14F3N3O2S. The van der Waals surface area contributed by atoms with Crippen LogP contribution in [0.2, 0.25) is 0 Å². The van der Waals surface area contributed by atoms with Crippen molar-refractivity contribution in [1.29, 1.82) is 0 Å². The second-order valence-corrected chi connectivity index (χ2v) is 6.89. The molecule has 3 rings (SSSR count). The van der Waals surface area contributed by atoms with E-state index in [4.69, 9.17) is 0 Å². The summed E-state index contributed by atoms with van der Waals surface area (Å²) >= 11 is 1.08. The molecule has 2 amide bonds. The van der Waals surface area contributed by atoms with E-state index in [1.54, 1.807) is 18.5 Å². The average Bonchev–Trinajstić information content (AvgIpc) is 2.60. The fraction of sp³-hybridized carbons (Fsp3) is 0.235. The van der Waals surface area contributed by atoms with Gasteiger partial charge in [0.05, 0.1) is 16.5 Å². The summed E-state index contributed by atoms with van der Waals surface area (Å²) in [6.07, 6.45) is -1.31. The molecule has 5 nitrogen and oxygen atoms in total. The van der Waals surface area contributed by atoms with Crippen LogP contribution in [-0.2, 0) is 22.3 Å². The zero-order valence-electron chi connectivity index (χ0n) is 13.3. The van der Waals surface area contributed by atoms with E-state index >= 15 is 0 Å². The Morgan fingerprint density at radius 3 is 2.81 bits per heavy atom. The molecule has 26 heavy (non-hydrogen) atoms. The largest absolute Gasteiger partial charge is 0.416 e. The minimum atomic E-state index is -4.48. The molecule has 0 unspecified atom stereocenters. The molecule has 136 valence electrons. The lowest BCUT2D eigenvalue weighted by Gasteiger charge is -2.24. The number of carbonyl (C=O) groups is 2. The molecule has 1 aromatic carbocycles. The number of rotatable bonds is 4. The van der Waals surface area contributed by atoms with Crippen LogP contribution in [0.5, 0.6) is 0 Å². The van der Waals surface area contributed by atoms with Crippen LogP contribution in [0.15, 0.2) is 47.6 Å². The summed E-state index contributed by atoms with van der Waals surface area (Å²) in [7, 11) is 0. The van der Waals surface area contributed by atoms with Crippen LogP contribution in [0.25, 0.3) is 0 Å². The summed E-state index contributed by atoms with van der Waals surface area (Å²) in [6, 6.07) is 6.73. The van der Waals surface area contributed by atoms with Crippen LogP contribution in [0.1, 0.15) is 17.5 Å². The van der Waals surface area contributed by atoms with E-state index in [1.165, 1.54) is 6.07 Å². The molecule has 1 atom stereocenters. The van der Waals surface area contributed by atoms with Gasteiger partial charge >= 0.3 is 6.18 Å². The van der Waals surface area contributed by atoms with Gasteiger partial charge in [-0.2, -0.15) is 13.2 Å². The van der Waals surface area contributed by atoms with Crippen LogP contribution in [0.3, 0.4) is 0 Å². The van der Waals surface area contributed by atoms with Crippen molar-refractivity contribution in [2.75, 3.05) is 5.32 Å². The number of carbonyl (C=O) groups excluding carboxylic acids is 2. The van der Waals surface area contributed by atoms with Crippen LogP contribution < -0.4 is 10.6 Å². The van der Waals surface area contributed by atoms with Crippen molar-refractivity contribution < 1.29 is 22.8 Å². The Kier molecular flexibility index (Phi) is 5.17. The number of anilines is 1. The summed E-state index contributed by atoms with van der Waals surface area (Å²) in [5.41, 5.74) is 0.110. The highest BCUT2D eigenvalue weighted by Crippen LogP contribution is 2.40. The molecule has 1 aliphatic heterocycles. The number of fused-ring (bicyclic) bond motifs is 1. The Hall–Kier alpha value is -2.55. The zero-order valence-corrected chi connectivity index (χ0v) is 14.2. The third-order valence-electron chi connectivity index (χ3n) is 3.71. The molecule has 0 bridgehead atoms. The number of nitrogens with zero attached hydrogens (tertiary/aromatic N) is 1. The van der Waals surface area contributed by atoms with Crippen LogP contribution in [0.4, 0.5) is 18.9 Å². The lowest BCUT2D eigenvalue weighted by molar-refractivity contribution is -0.137. The summed E-state index contributed by atoms with van der Waals surface area (Å²) in [5.74, 6) is -0.810. The van der Waals surface area contributed by atoms with Gasteiger partial charge in [-0.25, -0.2) is 0 Å². The van der Waals surface area contributed by atoms with Crippen LogP contribution >= 0.6 is 11.8 Å². The molecule has 9 heteroatoms. The normalized spacial score (nSPS) is 16.6. The number of hydrogen-bond acceptors (Lipinski definition) is 4. The number of hydrogen-bond donors (Lipinski definition) is 2. The van der Waals surface area contributed by atoms with Crippen LogP contribution in [-0.4, -0.2) is 22.0 Å². The van der Waals surface area contributed by atoms with Gasteiger partial charge in [0.2, 0.25) is 11.8 Å². The predicted octanol–water partition coefficient (Wildman–Crippen LogP) is 3.22. The maximum atomic E-state index is 12.8. The number of amides is 2. The van der Waals surface area contributed by atoms with Crippen molar-refractivity contribution in [2.24, 2.45) is 0 Å². The Balaban J connectivity index is 1.62. The van der Waals surface area contributed by atoms with Gasteiger partial charge < -0.3 is 10.6 Å². The third-order valence-corrected chi connectivity index (χ3v) is 4.98. The third kappa shape index (κ3) is 4.34. The molecule has 2 heterocycles. The second-order valence-electron chi connectivity index (χ2n) is 5.65. The summed E-state index contributed by atoms with van der Waals surface area (Å²) < 4.78 is 38.3. The Bertz CT molecular complexity index is 828. The van der Waals surface area contributed by atoms with Crippen molar-refractivity contribution in [1.82, 2.24) is 10.3 Å². The lowest BCUT2D eigenvalue weighted by Crippen LogP contribution is -2.34. The first-order valence-electron chi connectivity index (χ1n) is 7.67. The predicted molar refractivity (Wildman–Crippen MR) is 90.4 cm³/mol. The first-order valence-corrected chi connectivity index (χ1v) is 8.55. The quantitative estimate of drug-likeness (QED) is 0.853. The van der Waals surface area contributed by atoms with E-state index in [9.17, 15) is 22.8 Å². The van der Waals surface area contributed by atoms with Crippen molar-refractivity contribution >= 4 is 29.3 Å². The van der Waals surface area contributed by atoms with E-state index in [0.717, 1.165) is 29.5 Å². The van der Waals surface area contributed by atoms with E-state index in [-0.39, 0.29) is 24.6 Å². The number of aromatic nitrogens is 1. The SMILES string of the molecule is O=C(C[C@@H]1Sc2ccc(C(F)(F)F)cc2NC1=O)NCc1cccnc1. The van der Waals surface area contributed by atoms with Gasteiger partial charge in [-0.05, 0) is 29.8 Å². The van der Waals surface area contributed by atoms with E-state index in [1.807, 2.05) is 6.07 Å². The zero-order chi connectivity index (χ0) is 18.7. The molecular weight excluding hydrogens is 367 g/mol. The Labute approximate surface area is 151 Å². The van der Waals surface area contributed by atoms with Crippen LogP contribution in [0, 0.1) is 0 Å². The monoisotopic (exact) mass is 381 g/mol. The molecule has 0 radical (unpaired) electrons. The van der Waals surface area contributed by atoms with E-state index in [2.05, 4.69) is 15.6 Å². The maximum Gasteiger partial charge on any atom is 0.416 e. The summed E-state index contributed by atoms with van der Waals surface area (Å²) in [4.78, 5) is 28.6. The number of nitrogens with one attached hydrogen (secondary N) is 2. The Morgan fingerprint density at radius 2 is 2.12 bits per heavy atom. The van der Waals surface area contributed by atoms with E-state index in [0.29, 0.717) is 4.90 Å². The first kappa shape index (κ1) is 18.2.